The molecule has 0 bridgehead atoms. The SMILES string of the molecule is CCN(Cc1ccccc1)c1nc(C)c(C=O)s1. The fourth-order valence-corrected chi connectivity index (χ4v) is 2.70. The van der Waals surface area contributed by atoms with E-state index in [0.717, 1.165) is 35.1 Å². The molecule has 0 aliphatic rings. The minimum atomic E-state index is 0.719. The summed E-state index contributed by atoms with van der Waals surface area (Å²) in [7, 11) is 0. The lowest BCUT2D eigenvalue weighted by Crippen LogP contribution is -2.21. The summed E-state index contributed by atoms with van der Waals surface area (Å²) in [5.41, 5.74) is 2.07. The lowest BCUT2D eigenvalue weighted by Gasteiger charge is -2.19. The summed E-state index contributed by atoms with van der Waals surface area (Å²) in [6.45, 7) is 5.67. The second-order valence-corrected chi connectivity index (χ2v) is 5.07. The van der Waals surface area contributed by atoms with E-state index in [-0.39, 0.29) is 0 Å². The number of aryl methyl sites for hydroxylation is 1. The van der Waals surface area contributed by atoms with E-state index in [2.05, 4.69) is 28.9 Å². The molecule has 2 aromatic rings. The van der Waals surface area contributed by atoms with Crippen molar-refractivity contribution in [3.8, 4) is 0 Å². The minimum absolute atomic E-state index is 0.719. The van der Waals surface area contributed by atoms with Crippen LogP contribution in [0.5, 0.6) is 0 Å². The fourth-order valence-electron chi connectivity index (χ4n) is 1.76. The summed E-state index contributed by atoms with van der Waals surface area (Å²) in [5.74, 6) is 0. The van der Waals surface area contributed by atoms with Crippen molar-refractivity contribution in [1.82, 2.24) is 4.98 Å². The third-order valence-corrected chi connectivity index (χ3v) is 3.94. The summed E-state index contributed by atoms with van der Waals surface area (Å²) in [6, 6.07) is 10.3. The number of carbonyl (C=O) groups is 1. The van der Waals surface area contributed by atoms with Crippen LogP contribution in [0.2, 0.25) is 0 Å². The van der Waals surface area contributed by atoms with Gasteiger partial charge in [-0.15, -0.1) is 0 Å². The van der Waals surface area contributed by atoms with E-state index in [4.69, 9.17) is 0 Å². The summed E-state index contributed by atoms with van der Waals surface area (Å²) < 4.78 is 0. The lowest BCUT2D eigenvalue weighted by molar-refractivity contribution is 0.112. The molecule has 1 heterocycles. The van der Waals surface area contributed by atoms with Crippen LogP contribution in [0.4, 0.5) is 5.13 Å². The van der Waals surface area contributed by atoms with Crippen molar-refractivity contribution in [3.63, 3.8) is 0 Å². The van der Waals surface area contributed by atoms with Crippen molar-refractivity contribution in [1.29, 1.82) is 0 Å². The van der Waals surface area contributed by atoms with Crippen molar-refractivity contribution >= 4 is 22.8 Å². The van der Waals surface area contributed by atoms with Crippen LogP contribution in [0.25, 0.3) is 0 Å². The average Bonchev–Trinajstić information content (AvgIpc) is 2.78. The molecule has 0 aliphatic heterocycles. The van der Waals surface area contributed by atoms with Gasteiger partial charge in [0.05, 0.1) is 10.6 Å². The normalized spacial score (nSPS) is 10.3. The van der Waals surface area contributed by atoms with Gasteiger partial charge in [0.2, 0.25) is 0 Å². The number of nitrogens with zero attached hydrogens (tertiary/aromatic N) is 2. The Bertz CT molecular complexity index is 522. The second kappa shape index (κ2) is 5.78. The first-order valence-corrected chi connectivity index (χ1v) is 6.77. The van der Waals surface area contributed by atoms with Gasteiger partial charge in [0.25, 0.3) is 0 Å². The van der Waals surface area contributed by atoms with Crippen molar-refractivity contribution in [2.75, 3.05) is 11.4 Å². The number of aldehydes is 1. The highest BCUT2D eigenvalue weighted by Crippen LogP contribution is 2.25. The Morgan fingerprint density at radius 1 is 1.33 bits per heavy atom. The molecule has 0 saturated carbocycles. The average molecular weight is 260 g/mol. The molecule has 0 unspecified atom stereocenters. The number of aromatic nitrogens is 1. The van der Waals surface area contributed by atoms with Gasteiger partial charge < -0.3 is 4.90 Å². The Hall–Kier alpha value is -1.68. The predicted molar refractivity (Wildman–Crippen MR) is 75.4 cm³/mol. The zero-order valence-electron chi connectivity index (χ0n) is 10.6. The van der Waals surface area contributed by atoms with Gasteiger partial charge in [-0.2, -0.15) is 0 Å². The molecular formula is C14H16N2OS. The molecule has 0 spiro atoms. The Morgan fingerprint density at radius 2 is 2.06 bits per heavy atom. The fraction of sp³-hybridized carbons (Fsp3) is 0.286. The van der Waals surface area contributed by atoms with Crippen molar-refractivity contribution < 1.29 is 4.79 Å². The molecule has 0 aliphatic carbocycles. The lowest BCUT2D eigenvalue weighted by atomic mass is 10.2. The van der Waals surface area contributed by atoms with Gasteiger partial charge in [-0.05, 0) is 19.4 Å². The number of carbonyl (C=O) groups excluding carboxylic acids is 1. The van der Waals surface area contributed by atoms with Crippen molar-refractivity contribution in [2.45, 2.75) is 20.4 Å². The molecule has 0 N–H and O–H groups in total. The molecule has 0 amide bonds. The monoisotopic (exact) mass is 260 g/mol. The van der Waals surface area contributed by atoms with Gasteiger partial charge in [0.15, 0.2) is 11.4 Å². The van der Waals surface area contributed by atoms with Crippen LogP contribution in [-0.4, -0.2) is 17.8 Å². The highest BCUT2D eigenvalue weighted by Gasteiger charge is 2.12. The smallest absolute Gasteiger partial charge is 0.186 e. The van der Waals surface area contributed by atoms with Gasteiger partial charge in [0, 0.05) is 13.1 Å². The van der Waals surface area contributed by atoms with E-state index in [1.807, 2.05) is 25.1 Å². The van der Waals surface area contributed by atoms with Crippen LogP contribution in [-0.2, 0) is 6.54 Å². The second-order valence-electron chi connectivity index (χ2n) is 4.06. The van der Waals surface area contributed by atoms with Crippen LogP contribution in [0, 0.1) is 6.92 Å². The Balaban J connectivity index is 2.20. The van der Waals surface area contributed by atoms with Gasteiger partial charge in [-0.25, -0.2) is 4.98 Å². The molecule has 1 aromatic carbocycles. The maximum Gasteiger partial charge on any atom is 0.186 e. The zero-order valence-corrected chi connectivity index (χ0v) is 11.4. The molecular weight excluding hydrogens is 244 g/mol. The number of hydrogen-bond donors (Lipinski definition) is 0. The van der Waals surface area contributed by atoms with Gasteiger partial charge in [-0.3, -0.25) is 4.79 Å². The number of rotatable bonds is 5. The van der Waals surface area contributed by atoms with E-state index in [0.29, 0.717) is 0 Å². The van der Waals surface area contributed by atoms with E-state index in [1.165, 1.54) is 16.9 Å². The summed E-state index contributed by atoms with van der Waals surface area (Å²) >= 11 is 1.46. The minimum Gasteiger partial charge on any atom is -0.344 e. The molecule has 2 rings (SSSR count). The number of anilines is 1. The highest BCUT2D eigenvalue weighted by atomic mass is 32.1. The standard InChI is InChI=1S/C14H16N2OS/c1-3-16(9-12-7-5-4-6-8-12)14-15-11(2)13(10-17)18-14/h4-8,10H,3,9H2,1-2H3. The van der Waals surface area contributed by atoms with E-state index >= 15 is 0 Å². The molecule has 18 heavy (non-hydrogen) atoms. The summed E-state index contributed by atoms with van der Waals surface area (Å²) in [4.78, 5) is 18.2. The van der Waals surface area contributed by atoms with Crippen LogP contribution < -0.4 is 4.90 Å². The zero-order chi connectivity index (χ0) is 13.0. The third-order valence-electron chi connectivity index (χ3n) is 2.80. The van der Waals surface area contributed by atoms with E-state index in [1.54, 1.807) is 0 Å². The molecule has 0 saturated heterocycles. The third kappa shape index (κ3) is 2.76. The largest absolute Gasteiger partial charge is 0.344 e. The molecule has 3 nitrogen and oxygen atoms in total. The van der Waals surface area contributed by atoms with Crippen LogP contribution in [0.15, 0.2) is 30.3 Å². The molecule has 0 atom stereocenters. The first-order valence-electron chi connectivity index (χ1n) is 5.96. The molecule has 0 radical (unpaired) electrons. The highest BCUT2D eigenvalue weighted by molar-refractivity contribution is 7.17. The van der Waals surface area contributed by atoms with Crippen LogP contribution >= 0.6 is 11.3 Å². The Labute approximate surface area is 111 Å². The van der Waals surface area contributed by atoms with Gasteiger partial charge >= 0.3 is 0 Å². The summed E-state index contributed by atoms with van der Waals surface area (Å²) in [6.07, 6.45) is 0.882. The van der Waals surface area contributed by atoms with Gasteiger partial charge in [0.1, 0.15) is 0 Å². The Morgan fingerprint density at radius 3 is 2.61 bits per heavy atom. The van der Waals surface area contributed by atoms with E-state index < -0.39 is 0 Å². The van der Waals surface area contributed by atoms with Crippen molar-refractivity contribution in [2.24, 2.45) is 0 Å². The number of thiazole rings is 1. The first-order chi connectivity index (χ1) is 8.74. The number of benzene rings is 1. The quantitative estimate of drug-likeness (QED) is 0.773. The molecule has 0 fully saturated rings. The van der Waals surface area contributed by atoms with Crippen LogP contribution in [0.1, 0.15) is 27.9 Å². The van der Waals surface area contributed by atoms with Gasteiger partial charge in [-0.1, -0.05) is 41.7 Å². The van der Waals surface area contributed by atoms with Crippen LogP contribution in [0.3, 0.4) is 0 Å². The first kappa shape index (κ1) is 12.8. The maximum atomic E-state index is 10.9. The molecule has 94 valence electrons. The van der Waals surface area contributed by atoms with E-state index in [9.17, 15) is 4.79 Å². The topological polar surface area (TPSA) is 33.2 Å². The summed E-state index contributed by atoms with van der Waals surface area (Å²) in [5, 5.41) is 0.918. The number of hydrogen-bond acceptors (Lipinski definition) is 4. The predicted octanol–water partition coefficient (Wildman–Crippen LogP) is 3.29. The molecule has 1 aromatic heterocycles. The maximum absolute atomic E-state index is 10.9. The molecule has 4 heteroatoms. The Kier molecular flexibility index (Phi) is 4.10. The van der Waals surface area contributed by atoms with Crippen molar-refractivity contribution in [3.05, 3.63) is 46.5 Å².